The highest BCUT2D eigenvalue weighted by Gasteiger charge is 2.24. The van der Waals surface area contributed by atoms with Gasteiger partial charge < -0.3 is 25.8 Å². The first-order valence-corrected chi connectivity index (χ1v) is 12.1. The molecule has 0 saturated heterocycles. The van der Waals surface area contributed by atoms with Crippen LogP contribution in [0.1, 0.15) is 11.1 Å². The number of fused-ring (bicyclic) bond motifs is 1. The minimum Gasteiger partial charge on any atom is -0.495 e. The van der Waals surface area contributed by atoms with Gasteiger partial charge in [0.05, 0.1) is 35.6 Å². The number of halogens is 2. The van der Waals surface area contributed by atoms with Crippen LogP contribution in [0.2, 0.25) is 10.0 Å². The summed E-state index contributed by atoms with van der Waals surface area (Å²) in [6.07, 6.45) is 3.81. The number of nitrogens with one attached hydrogen (secondary N) is 2. The van der Waals surface area contributed by atoms with Gasteiger partial charge in [0.25, 0.3) is 0 Å². The lowest BCUT2D eigenvalue weighted by atomic mass is 10.1. The van der Waals surface area contributed by atoms with E-state index in [0.717, 1.165) is 16.8 Å². The van der Waals surface area contributed by atoms with Crippen LogP contribution in [-0.2, 0) is 6.54 Å². The SMILES string of the molecule is COc1cc(OC)c(Cl)c(-c2cc3c(c(NCc4cccc(N)c4)n2)NC(SC)N=C3)c1Cl. The van der Waals surface area contributed by atoms with Gasteiger partial charge in [0.2, 0.25) is 0 Å². The monoisotopic (exact) mass is 503 g/mol. The normalized spacial score (nSPS) is 14.4. The van der Waals surface area contributed by atoms with Gasteiger partial charge in [-0.1, -0.05) is 35.3 Å². The number of hydrogen-bond donors (Lipinski definition) is 3. The maximum atomic E-state index is 6.66. The van der Waals surface area contributed by atoms with Crippen LogP contribution in [0.5, 0.6) is 11.5 Å². The van der Waals surface area contributed by atoms with E-state index in [4.69, 9.17) is 43.4 Å². The summed E-state index contributed by atoms with van der Waals surface area (Å²) in [5, 5.41) is 7.53. The Bertz CT molecular complexity index is 1190. The van der Waals surface area contributed by atoms with Crippen LogP contribution in [-0.4, -0.2) is 37.2 Å². The molecule has 4 N–H and O–H groups in total. The first-order chi connectivity index (χ1) is 15.9. The number of thioether (sulfide) groups is 1. The summed E-state index contributed by atoms with van der Waals surface area (Å²) < 4.78 is 10.9. The van der Waals surface area contributed by atoms with Crippen molar-refractivity contribution in [3.05, 3.63) is 57.6 Å². The van der Waals surface area contributed by atoms with Gasteiger partial charge >= 0.3 is 0 Å². The fraction of sp³-hybridized carbons (Fsp3) is 0.217. The van der Waals surface area contributed by atoms with Crippen LogP contribution in [0.25, 0.3) is 11.3 Å². The molecule has 0 radical (unpaired) electrons. The van der Waals surface area contributed by atoms with Crippen molar-refractivity contribution in [2.45, 2.75) is 12.0 Å². The van der Waals surface area contributed by atoms with Gasteiger partial charge in [-0.2, -0.15) is 0 Å². The molecule has 33 heavy (non-hydrogen) atoms. The Hall–Kier alpha value is -2.81. The molecule has 0 fully saturated rings. The van der Waals surface area contributed by atoms with Crippen LogP contribution >= 0.6 is 35.0 Å². The molecule has 0 bridgehead atoms. The zero-order valence-corrected chi connectivity index (χ0v) is 20.6. The number of aromatic nitrogens is 1. The molecule has 172 valence electrons. The maximum Gasteiger partial charge on any atom is 0.166 e. The molecule has 1 aromatic heterocycles. The Morgan fingerprint density at radius 3 is 2.48 bits per heavy atom. The third-order valence-corrected chi connectivity index (χ3v) is 6.57. The van der Waals surface area contributed by atoms with Crippen LogP contribution < -0.4 is 25.8 Å². The third-order valence-electron chi connectivity index (χ3n) is 5.13. The van der Waals surface area contributed by atoms with E-state index in [0.29, 0.717) is 50.9 Å². The van der Waals surface area contributed by atoms with Crippen LogP contribution in [0, 0.1) is 0 Å². The van der Waals surface area contributed by atoms with Crippen molar-refractivity contribution in [2.24, 2.45) is 4.99 Å². The van der Waals surface area contributed by atoms with Crippen molar-refractivity contribution >= 4 is 58.4 Å². The Kier molecular flexibility index (Phi) is 7.07. The van der Waals surface area contributed by atoms with Gasteiger partial charge in [-0.25, -0.2) is 4.98 Å². The van der Waals surface area contributed by atoms with Crippen LogP contribution in [0.15, 0.2) is 41.4 Å². The zero-order chi connectivity index (χ0) is 23.5. The first kappa shape index (κ1) is 23.4. The van der Waals surface area contributed by atoms with Gasteiger partial charge in [-0.3, -0.25) is 4.99 Å². The van der Waals surface area contributed by atoms with Crippen LogP contribution in [0.4, 0.5) is 17.2 Å². The summed E-state index contributed by atoms with van der Waals surface area (Å²) in [6.45, 7) is 0.527. The second kappa shape index (κ2) is 9.99. The molecule has 0 amide bonds. The Balaban J connectivity index is 1.83. The highest BCUT2D eigenvalue weighted by atomic mass is 35.5. The number of methoxy groups -OCH3 is 2. The zero-order valence-electron chi connectivity index (χ0n) is 18.3. The van der Waals surface area contributed by atoms with E-state index in [-0.39, 0.29) is 5.50 Å². The molecule has 2 aromatic carbocycles. The fourth-order valence-electron chi connectivity index (χ4n) is 3.50. The number of rotatable bonds is 7. The molecule has 3 aromatic rings. The molecular formula is C23H23Cl2N5O2S. The summed E-state index contributed by atoms with van der Waals surface area (Å²) in [6, 6.07) is 11.2. The van der Waals surface area contributed by atoms with Gasteiger partial charge in [0.15, 0.2) is 11.3 Å². The summed E-state index contributed by atoms with van der Waals surface area (Å²) in [4.78, 5) is 9.43. The quantitative estimate of drug-likeness (QED) is 0.353. The van der Waals surface area contributed by atoms with Crippen molar-refractivity contribution in [3.8, 4) is 22.8 Å². The van der Waals surface area contributed by atoms with Gasteiger partial charge in [-0.15, -0.1) is 11.8 Å². The van der Waals surface area contributed by atoms with Crippen LogP contribution in [0.3, 0.4) is 0 Å². The largest absolute Gasteiger partial charge is 0.495 e. The maximum absolute atomic E-state index is 6.66. The molecule has 2 heterocycles. The van der Waals surface area contributed by atoms with Crippen molar-refractivity contribution < 1.29 is 9.47 Å². The van der Waals surface area contributed by atoms with Crippen molar-refractivity contribution in [3.63, 3.8) is 0 Å². The lowest BCUT2D eigenvalue weighted by Gasteiger charge is -2.24. The molecule has 1 atom stereocenters. The van der Waals surface area contributed by atoms with E-state index >= 15 is 0 Å². The number of ether oxygens (including phenoxy) is 2. The van der Waals surface area contributed by atoms with Crippen molar-refractivity contribution in [1.82, 2.24) is 4.98 Å². The Morgan fingerprint density at radius 1 is 1.12 bits per heavy atom. The lowest BCUT2D eigenvalue weighted by Crippen LogP contribution is -2.20. The predicted molar refractivity (Wildman–Crippen MR) is 139 cm³/mol. The van der Waals surface area contributed by atoms with Crippen molar-refractivity contribution in [2.75, 3.05) is 36.8 Å². The summed E-state index contributed by atoms with van der Waals surface area (Å²) in [7, 11) is 3.08. The Morgan fingerprint density at radius 2 is 1.85 bits per heavy atom. The second-order valence-electron chi connectivity index (χ2n) is 7.21. The molecule has 1 aliphatic heterocycles. The van der Waals surface area contributed by atoms with E-state index in [1.807, 2.05) is 42.8 Å². The van der Waals surface area contributed by atoms with E-state index < -0.39 is 0 Å². The number of hydrogen-bond acceptors (Lipinski definition) is 8. The first-order valence-electron chi connectivity index (χ1n) is 10.0. The number of benzene rings is 2. The third kappa shape index (κ3) is 4.78. The molecule has 0 saturated carbocycles. The molecule has 4 rings (SSSR count). The molecule has 1 aliphatic rings. The minimum atomic E-state index is -0.109. The van der Waals surface area contributed by atoms with Crippen molar-refractivity contribution in [1.29, 1.82) is 0 Å². The summed E-state index contributed by atoms with van der Waals surface area (Å²) in [5.74, 6) is 1.52. The number of pyridine rings is 1. The highest BCUT2D eigenvalue weighted by molar-refractivity contribution is 7.99. The standard InChI is InChI=1S/C23H23Cl2N5O2S/c1-31-16-9-17(32-2)20(25)18(19(16)24)15-8-13-11-28-23(33-3)30-21(13)22(29-15)27-10-12-5-4-6-14(26)7-12/h4-9,11,23,30H,10,26H2,1-3H3,(H,27,29). The molecule has 1 unspecified atom stereocenters. The summed E-state index contributed by atoms with van der Waals surface area (Å²) >= 11 is 14.9. The van der Waals surface area contributed by atoms with Gasteiger partial charge in [-0.05, 0) is 30.0 Å². The fourth-order valence-corrected chi connectivity index (χ4v) is 4.61. The second-order valence-corrected chi connectivity index (χ2v) is 8.89. The number of nitrogens with two attached hydrogens (primary N) is 1. The average molecular weight is 504 g/mol. The Labute approximate surface area is 206 Å². The topological polar surface area (TPSA) is 93.8 Å². The number of nitrogens with zero attached hydrogens (tertiary/aromatic N) is 2. The molecular weight excluding hydrogens is 481 g/mol. The number of anilines is 3. The molecule has 0 aliphatic carbocycles. The lowest BCUT2D eigenvalue weighted by molar-refractivity contribution is 0.395. The average Bonchev–Trinajstić information content (AvgIpc) is 2.82. The number of nitrogen functional groups attached to an aromatic ring is 1. The summed E-state index contributed by atoms with van der Waals surface area (Å²) in [5.41, 5.74) is 10.3. The van der Waals surface area contributed by atoms with E-state index in [2.05, 4.69) is 15.6 Å². The van der Waals surface area contributed by atoms with E-state index in [1.54, 1.807) is 17.8 Å². The predicted octanol–water partition coefficient (Wildman–Crippen LogP) is 5.76. The molecule has 0 spiro atoms. The van der Waals surface area contributed by atoms with E-state index in [1.165, 1.54) is 14.2 Å². The molecule has 7 nitrogen and oxygen atoms in total. The number of aliphatic imine (C=N–C) groups is 1. The van der Waals surface area contributed by atoms with Gasteiger partial charge in [0.1, 0.15) is 11.5 Å². The van der Waals surface area contributed by atoms with Gasteiger partial charge in [0, 0.05) is 35.6 Å². The highest BCUT2D eigenvalue weighted by Crippen LogP contribution is 2.46. The minimum absolute atomic E-state index is 0.109. The smallest absolute Gasteiger partial charge is 0.166 e. The van der Waals surface area contributed by atoms with E-state index in [9.17, 15) is 0 Å². The molecule has 10 heteroatoms.